The zero-order chi connectivity index (χ0) is 11.8. The van der Waals surface area contributed by atoms with E-state index in [-0.39, 0.29) is 0 Å². The van der Waals surface area contributed by atoms with Crippen molar-refractivity contribution in [2.45, 2.75) is 32.6 Å². The molecular weight excluding hydrogens is 200 g/mol. The van der Waals surface area contributed by atoms with Crippen LogP contribution in [0, 0.1) is 11.3 Å². The largest absolute Gasteiger partial charge is 0.385 e. The van der Waals surface area contributed by atoms with Crippen LogP contribution in [0.25, 0.3) is 0 Å². The maximum Gasteiger partial charge on any atom is 0.125 e. The van der Waals surface area contributed by atoms with Crippen LogP contribution in [0.15, 0.2) is 36.3 Å². The molecule has 0 saturated heterocycles. The number of hydrogen-bond acceptors (Lipinski definition) is 3. The minimum Gasteiger partial charge on any atom is -0.385 e. The molecule has 16 heavy (non-hydrogen) atoms. The van der Waals surface area contributed by atoms with E-state index in [1.54, 1.807) is 5.06 Å². The van der Waals surface area contributed by atoms with Gasteiger partial charge in [0.05, 0.1) is 12.6 Å². The summed E-state index contributed by atoms with van der Waals surface area (Å²) in [6, 6.07) is 2.13. The number of nitriles is 1. The topological polar surface area (TPSA) is 36.3 Å². The van der Waals surface area contributed by atoms with Crippen LogP contribution >= 0.6 is 0 Å². The van der Waals surface area contributed by atoms with E-state index in [1.165, 1.54) is 5.57 Å². The Hall–Kier alpha value is -1.69. The molecule has 0 N–H and O–H groups in total. The molecule has 0 aromatic rings. The van der Waals surface area contributed by atoms with Crippen molar-refractivity contribution in [3.05, 3.63) is 36.3 Å². The van der Waals surface area contributed by atoms with Crippen LogP contribution in [0.4, 0.5) is 0 Å². The molecule has 1 aliphatic heterocycles. The number of nitrogens with zero attached hydrogens (tertiary/aromatic N) is 2. The van der Waals surface area contributed by atoms with E-state index < -0.39 is 0 Å². The summed E-state index contributed by atoms with van der Waals surface area (Å²) >= 11 is 0. The number of rotatable bonds is 6. The zero-order valence-electron chi connectivity index (χ0n) is 9.78. The second-order valence-corrected chi connectivity index (χ2v) is 3.86. The van der Waals surface area contributed by atoms with E-state index in [0.29, 0.717) is 6.42 Å². The van der Waals surface area contributed by atoms with E-state index in [0.717, 1.165) is 31.6 Å². The summed E-state index contributed by atoms with van der Waals surface area (Å²) in [5, 5.41) is 10.2. The van der Waals surface area contributed by atoms with Crippen molar-refractivity contribution >= 4 is 0 Å². The molecule has 1 aliphatic rings. The second kappa shape index (κ2) is 6.73. The highest BCUT2D eigenvalue weighted by Crippen LogP contribution is 2.13. The monoisotopic (exact) mass is 218 g/mol. The highest BCUT2D eigenvalue weighted by Gasteiger charge is 2.04. The first kappa shape index (κ1) is 12.4. The van der Waals surface area contributed by atoms with Gasteiger partial charge in [0.2, 0.25) is 0 Å². The summed E-state index contributed by atoms with van der Waals surface area (Å²) < 4.78 is 0. The van der Waals surface area contributed by atoms with Gasteiger partial charge < -0.3 is 4.84 Å². The normalized spacial score (nSPS) is 14.2. The van der Waals surface area contributed by atoms with Gasteiger partial charge in [-0.2, -0.15) is 5.26 Å². The molecule has 1 heterocycles. The third-order valence-corrected chi connectivity index (χ3v) is 2.34. The molecule has 0 spiro atoms. The molecule has 0 aliphatic carbocycles. The van der Waals surface area contributed by atoms with Gasteiger partial charge in [0, 0.05) is 19.0 Å². The van der Waals surface area contributed by atoms with Crippen LogP contribution in [0.3, 0.4) is 0 Å². The highest BCUT2D eigenvalue weighted by molar-refractivity contribution is 5.19. The van der Waals surface area contributed by atoms with Crippen LogP contribution < -0.4 is 0 Å². The Labute approximate surface area is 97.3 Å². The molecular formula is C13H18N2O. The summed E-state index contributed by atoms with van der Waals surface area (Å²) in [4.78, 5) is 5.54. The van der Waals surface area contributed by atoms with E-state index in [9.17, 15) is 0 Å². The van der Waals surface area contributed by atoms with Gasteiger partial charge in [-0.3, -0.25) is 0 Å². The Bertz CT molecular complexity index is 336. The lowest BCUT2D eigenvalue weighted by atomic mass is 10.2. The summed E-state index contributed by atoms with van der Waals surface area (Å²) in [6.07, 6.45) is 9.31. The predicted octanol–water partition coefficient (Wildman–Crippen LogP) is 3.29. The maximum atomic E-state index is 8.39. The second-order valence-electron chi connectivity index (χ2n) is 3.86. The number of allylic oxidation sites excluding steroid dienone is 3. The van der Waals surface area contributed by atoms with Crippen LogP contribution in [0.5, 0.6) is 0 Å². The third kappa shape index (κ3) is 4.70. The van der Waals surface area contributed by atoms with Gasteiger partial charge in [-0.1, -0.05) is 18.2 Å². The standard InChI is InChI=1S/C13H18N2O/c1-12-7-10-15(11-8-12)16-13(2)6-4-3-5-9-14/h7-8,10H,2-6,11H2,1H3. The van der Waals surface area contributed by atoms with E-state index in [4.69, 9.17) is 10.1 Å². The van der Waals surface area contributed by atoms with Gasteiger partial charge in [-0.25, -0.2) is 5.06 Å². The molecule has 0 radical (unpaired) electrons. The van der Waals surface area contributed by atoms with Gasteiger partial charge in [0.1, 0.15) is 5.76 Å². The van der Waals surface area contributed by atoms with Crippen LogP contribution in [0.1, 0.15) is 32.6 Å². The van der Waals surface area contributed by atoms with Crippen molar-refractivity contribution in [2.75, 3.05) is 6.54 Å². The molecule has 3 heteroatoms. The Balaban J connectivity index is 2.16. The molecule has 0 saturated carbocycles. The molecule has 0 fully saturated rings. The Kier molecular flexibility index (Phi) is 5.21. The minimum absolute atomic E-state index is 0.610. The van der Waals surface area contributed by atoms with Gasteiger partial charge in [0.15, 0.2) is 0 Å². The van der Waals surface area contributed by atoms with Crippen molar-refractivity contribution in [1.29, 1.82) is 5.26 Å². The first-order valence-corrected chi connectivity index (χ1v) is 5.56. The van der Waals surface area contributed by atoms with E-state index >= 15 is 0 Å². The van der Waals surface area contributed by atoms with Crippen molar-refractivity contribution in [3.8, 4) is 6.07 Å². The molecule has 0 bridgehead atoms. The molecule has 1 rings (SSSR count). The fourth-order valence-electron chi connectivity index (χ4n) is 1.37. The first-order chi connectivity index (χ1) is 7.72. The smallest absolute Gasteiger partial charge is 0.125 e. The molecule has 3 nitrogen and oxygen atoms in total. The van der Waals surface area contributed by atoms with Gasteiger partial charge >= 0.3 is 0 Å². The summed E-state index contributed by atoms with van der Waals surface area (Å²) in [6.45, 7) is 6.69. The van der Waals surface area contributed by atoms with Gasteiger partial charge in [-0.05, 0) is 25.8 Å². The summed E-state index contributed by atoms with van der Waals surface area (Å²) in [7, 11) is 0. The average molecular weight is 218 g/mol. The molecule has 86 valence electrons. The Morgan fingerprint density at radius 2 is 2.44 bits per heavy atom. The van der Waals surface area contributed by atoms with Gasteiger partial charge in [0.25, 0.3) is 0 Å². The Morgan fingerprint density at radius 3 is 3.06 bits per heavy atom. The molecule has 0 unspecified atom stereocenters. The lowest BCUT2D eigenvalue weighted by Gasteiger charge is -2.22. The van der Waals surface area contributed by atoms with E-state index in [1.807, 2.05) is 12.3 Å². The predicted molar refractivity (Wildman–Crippen MR) is 63.9 cm³/mol. The van der Waals surface area contributed by atoms with Crippen LogP contribution in [0.2, 0.25) is 0 Å². The van der Waals surface area contributed by atoms with Crippen LogP contribution in [-0.2, 0) is 4.84 Å². The molecule has 0 amide bonds. The van der Waals surface area contributed by atoms with Gasteiger partial charge in [-0.15, -0.1) is 0 Å². The van der Waals surface area contributed by atoms with Crippen molar-refractivity contribution in [2.24, 2.45) is 0 Å². The molecule has 0 atom stereocenters. The van der Waals surface area contributed by atoms with Crippen molar-refractivity contribution in [1.82, 2.24) is 5.06 Å². The number of hydroxylamine groups is 2. The lowest BCUT2D eigenvalue weighted by molar-refractivity contribution is -0.0704. The fraction of sp³-hybridized carbons (Fsp3) is 0.462. The van der Waals surface area contributed by atoms with E-state index in [2.05, 4.69) is 25.6 Å². The quantitative estimate of drug-likeness (QED) is 0.507. The van der Waals surface area contributed by atoms with Crippen molar-refractivity contribution in [3.63, 3.8) is 0 Å². The van der Waals surface area contributed by atoms with Crippen molar-refractivity contribution < 1.29 is 4.84 Å². The summed E-state index contributed by atoms with van der Waals surface area (Å²) in [5.41, 5.74) is 1.25. The number of unbranched alkanes of at least 4 members (excludes halogenated alkanes) is 2. The highest BCUT2D eigenvalue weighted by atomic mass is 16.7. The first-order valence-electron chi connectivity index (χ1n) is 5.56. The van der Waals surface area contributed by atoms with Crippen LogP contribution in [-0.4, -0.2) is 11.6 Å². The fourth-order valence-corrected chi connectivity index (χ4v) is 1.37. The summed E-state index contributed by atoms with van der Waals surface area (Å²) in [5.74, 6) is 0.760. The molecule has 0 aromatic heterocycles. The maximum absolute atomic E-state index is 8.39. The molecule has 0 aromatic carbocycles. The minimum atomic E-state index is 0.610. The lowest BCUT2D eigenvalue weighted by Crippen LogP contribution is -2.19. The SMILES string of the molecule is C=C(CCCCC#N)ON1C=CC(C)=CC1. The Morgan fingerprint density at radius 1 is 1.62 bits per heavy atom. The third-order valence-electron chi connectivity index (χ3n) is 2.34. The zero-order valence-corrected chi connectivity index (χ0v) is 9.78. The average Bonchev–Trinajstić information content (AvgIpc) is 2.28. The number of hydrogen-bond donors (Lipinski definition) is 0.